The van der Waals surface area contributed by atoms with Gasteiger partial charge in [-0.25, -0.2) is 4.98 Å². The molecule has 0 aliphatic carbocycles. The number of primary amides is 1. The average Bonchev–Trinajstić information content (AvgIpc) is 2.30. The lowest BCUT2D eigenvalue weighted by Gasteiger charge is -2.01. The molecule has 16 heavy (non-hydrogen) atoms. The van der Waals surface area contributed by atoms with E-state index in [1.807, 2.05) is 24.3 Å². The van der Waals surface area contributed by atoms with Crippen LogP contribution in [0.3, 0.4) is 0 Å². The molecule has 0 saturated heterocycles. The zero-order chi connectivity index (χ0) is 12.0. The van der Waals surface area contributed by atoms with Gasteiger partial charge in [-0.2, -0.15) is 0 Å². The van der Waals surface area contributed by atoms with Crippen molar-refractivity contribution in [3.05, 3.63) is 42.6 Å². The van der Waals surface area contributed by atoms with Gasteiger partial charge in [0, 0.05) is 11.5 Å². The van der Waals surface area contributed by atoms with E-state index < -0.39 is 0 Å². The average molecular weight is 216 g/mol. The molecular weight excluding hydrogens is 204 g/mol. The Hall–Kier alpha value is -2.36. The number of hydrogen-bond donors (Lipinski definition) is 2. The maximum atomic E-state index is 9.60. The summed E-state index contributed by atoms with van der Waals surface area (Å²) in [5, 5.41) is 10.4. The third-order valence-corrected chi connectivity index (χ3v) is 1.92. The highest BCUT2D eigenvalue weighted by Gasteiger charge is 2.00. The summed E-state index contributed by atoms with van der Waals surface area (Å²) in [5.41, 5.74) is 5.65. The molecule has 82 valence electrons. The number of hydrogen-bond acceptors (Lipinski definition) is 3. The van der Waals surface area contributed by atoms with Gasteiger partial charge in [0.05, 0.1) is 11.2 Å². The standard InChI is InChI=1S/C11H9NO.CH3NO/c1-2-8-7-11(13)9-5-3-4-6-10(9)12-8;2-1-3/h2-7H,1H2,(H,12,13);1H,(H2,2,3). The third-order valence-electron chi connectivity index (χ3n) is 1.92. The number of amides is 1. The van der Waals surface area contributed by atoms with E-state index in [4.69, 9.17) is 4.79 Å². The van der Waals surface area contributed by atoms with Crippen molar-refractivity contribution in [2.45, 2.75) is 0 Å². The molecule has 0 atom stereocenters. The van der Waals surface area contributed by atoms with E-state index in [1.54, 1.807) is 12.1 Å². The molecule has 1 heterocycles. The van der Waals surface area contributed by atoms with Gasteiger partial charge in [-0.05, 0) is 18.2 Å². The highest BCUT2D eigenvalue weighted by atomic mass is 16.3. The number of carbonyl (C=O) groups is 1. The maximum Gasteiger partial charge on any atom is 0.204 e. The molecule has 0 radical (unpaired) electrons. The lowest BCUT2D eigenvalue weighted by atomic mass is 10.2. The highest BCUT2D eigenvalue weighted by molar-refractivity contribution is 5.85. The van der Waals surface area contributed by atoms with Crippen LogP contribution in [0.1, 0.15) is 5.69 Å². The van der Waals surface area contributed by atoms with Crippen molar-refractivity contribution in [3.8, 4) is 5.75 Å². The zero-order valence-electron chi connectivity index (χ0n) is 8.63. The number of carbonyl (C=O) groups excluding carboxylic acids is 1. The molecule has 4 heteroatoms. The molecule has 0 unspecified atom stereocenters. The van der Waals surface area contributed by atoms with Gasteiger partial charge in [0.2, 0.25) is 6.41 Å². The van der Waals surface area contributed by atoms with E-state index in [0.29, 0.717) is 5.69 Å². The van der Waals surface area contributed by atoms with E-state index in [-0.39, 0.29) is 12.2 Å². The number of benzene rings is 1. The lowest BCUT2D eigenvalue weighted by molar-refractivity contribution is -0.106. The minimum atomic E-state index is 0.250. The number of aromatic nitrogens is 1. The number of nitrogens with zero attached hydrogens (tertiary/aromatic N) is 1. The van der Waals surface area contributed by atoms with Crippen molar-refractivity contribution < 1.29 is 9.90 Å². The SMILES string of the molecule is C=Cc1cc(O)c2ccccc2n1.NC=O. The molecule has 0 aliphatic heterocycles. The van der Waals surface area contributed by atoms with Crippen LogP contribution >= 0.6 is 0 Å². The van der Waals surface area contributed by atoms with Crippen molar-refractivity contribution in [2.24, 2.45) is 5.73 Å². The predicted molar refractivity (Wildman–Crippen MR) is 63.8 cm³/mol. The van der Waals surface area contributed by atoms with Crippen LogP contribution in [0.5, 0.6) is 5.75 Å². The van der Waals surface area contributed by atoms with Gasteiger partial charge in [-0.3, -0.25) is 4.79 Å². The van der Waals surface area contributed by atoms with E-state index in [9.17, 15) is 5.11 Å². The molecule has 0 aliphatic rings. The summed E-state index contributed by atoms with van der Waals surface area (Å²) >= 11 is 0. The summed E-state index contributed by atoms with van der Waals surface area (Å²) in [6, 6.07) is 9.07. The summed E-state index contributed by atoms with van der Waals surface area (Å²) in [4.78, 5) is 12.9. The van der Waals surface area contributed by atoms with Crippen molar-refractivity contribution in [1.29, 1.82) is 0 Å². The number of aromatic hydroxyl groups is 1. The van der Waals surface area contributed by atoms with Crippen molar-refractivity contribution in [3.63, 3.8) is 0 Å². The number of nitrogens with two attached hydrogens (primary N) is 1. The first-order valence-corrected chi connectivity index (χ1v) is 4.59. The second kappa shape index (κ2) is 5.50. The maximum absolute atomic E-state index is 9.60. The normalized spacial score (nSPS) is 9.00. The first kappa shape index (κ1) is 11.7. The largest absolute Gasteiger partial charge is 0.507 e. The Morgan fingerprint density at radius 3 is 2.62 bits per heavy atom. The molecule has 3 N–H and O–H groups in total. The van der Waals surface area contributed by atoms with Gasteiger partial charge in [0.25, 0.3) is 0 Å². The minimum Gasteiger partial charge on any atom is -0.507 e. The monoisotopic (exact) mass is 216 g/mol. The Morgan fingerprint density at radius 1 is 1.38 bits per heavy atom. The number of para-hydroxylation sites is 1. The fourth-order valence-electron chi connectivity index (χ4n) is 1.28. The van der Waals surface area contributed by atoms with Crippen molar-refractivity contribution in [2.75, 3.05) is 0 Å². The topological polar surface area (TPSA) is 76.2 Å². The van der Waals surface area contributed by atoms with E-state index >= 15 is 0 Å². The second-order valence-electron chi connectivity index (χ2n) is 2.92. The summed E-state index contributed by atoms with van der Waals surface area (Å²) in [6.07, 6.45) is 1.87. The van der Waals surface area contributed by atoms with E-state index in [1.165, 1.54) is 0 Å². The van der Waals surface area contributed by atoms with Crippen LogP contribution in [0.15, 0.2) is 36.9 Å². The molecular formula is C12H12N2O2. The smallest absolute Gasteiger partial charge is 0.204 e. The van der Waals surface area contributed by atoms with Crippen LogP contribution < -0.4 is 5.73 Å². The third kappa shape index (κ3) is 2.57. The second-order valence-corrected chi connectivity index (χ2v) is 2.92. The number of fused-ring (bicyclic) bond motifs is 1. The van der Waals surface area contributed by atoms with Crippen molar-refractivity contribution >= 4 is 23.4 Å². The Bertz CT molecular complexity index is 509. The van der Waals surface area contributed by atoms with Crippen molar-refractivity contribution in [1.82, 2.24) is 4.98 Å². The summed E-state index contributed by atoms with van der Waals surface area (Å²) in [5.74, 6) is 0.250. The van der Waals surface area contributed by atoms with E-state index in [0.717, 1.165) is 10.9 Å². The fraction of sp³-hybridized carbons (Fsp3) is 0. The Balaban J connectivity index is 0.000000386. The van der Waals surface area contributed by atoms with E-state index in [2.05, 4.69) is 17.3 Å². The summed E-state index contributed by atoms with van der Waals surface area (Å²) < 4.78 is 0. The molecule has 0 fully saturated rings. The van der Waals surface area contributed by atoms with Crippen LogP contribution in [0.25, 0.3) is 17.0 Å². The number of pyridine rings is 1. The zero-order valence-corrected chi connectivity index (χ0v) is 8.63. The van der Waals surface area contributed by atoms with Gasteiger partial charge >= 0.3 is 0 Å². The Morgan fingerprint density at radius 2 is 2.00 bits per heavy atom. The summed E-state index contributed by atoms with van der Waals surface area (Å²) in [6.45, 7) is 3.61. The molecule has 0 saturated carbocycles. The fourth-order valence-corrected chi connectivity index (χ4v) is 1.28. The molecule has 2 aromatic rings. The quantitative estimate of drug-likeness (QED) is 0.712. The van der Waals surface area contributed by atoms with Gasteiger partial charge in [0.15, 0.2) is 0 Å². The van der Waals surface area contributed by atoms with Crippen LogP contribution in [-0.2, 0) is 4.79 Å². The molecule has 1 aromatic carbocycles. The number of rotatable bonds is 1. The first-order valence-electron chi connectivity index (χ1n) is 4.59. The molecule has 1 aromatic heterocycles. The van der Waals surface area contributed by atoms with Gasteiger partial charge in [-0.1, -0.05) is 18.7 Å². The lowest BCUT2D eigenvalue weighted by Crippen LogP contribution is -1.83. The van der Waals surface area contributed by atoms with Crippen LogP contribution in [0.2, 0.25) is 0 Å². The first-order chi connectivity index (χ1) is 7.72. The Kier molecular flexibility index (Phi) is 4.03. The Labute approximate surface area is 93.0 Å². The predicted octanol–water partition coefficient (Wildman–Crippen LogP) is 1.68. The molecule has 1 amide bonds. The molecule has 0 bridgehead atoms. The summed E-state index contributed by atoms with van der Waals surface area (Å²) in [7, 11) is 0. The van der Waals surface area contributed by atoms with Crippen LogP contribution in [0, 0.1) is 0 Å². The van der Waals surface area contributed by atoms with Gasteiger partial charge < -0.3 is 10.8 Å². The molecule has 2 rings (SSSR count). The van der Waals surface area contributed by atoms with Gasteiger partial charge in [0.1, 0.15) is 5.75 Å². The van der Waals surface area contributed by atoms with Crippen LogP contribution in [-0.4, -0.2) is 16.5 Å². The minimum absolute atomic E-state index is 0.250. The highest BCUT2D eigenvalue weighted by Crippen LogP contribution is 2.23. The van der Waals surface area contributed by atoms with Gasteiger partial charge in [-0.15, -0.1) is 0 Å². The molecule has 4 nitrogen and oxygen atoms in total. The van der Waals surface area contributed by atoms with Crippen LogP contribution in [0.4, 0.5) is 0 Å². The molecule has 0 spiro atoms.